The van der Waals surface area contributed by atoms with Crippen LogP contribution in [0.5, 0.6) is 0 Å². The lowest BCUT2D eigenvalue weighted by atomic mass is 10.2. The Kier molecular flexibility index (Phi) is 5.40. The van der Waals surface area contributed by atoms with E-state index in [1.807, 2.05) is 29.9 Å². The molecule has 0 unspecified atom stereocenters. The molecule has 0 bridgehead atoms. The number of thiazole rings is 1. The molecule has 0 spiro atoms. The second-order valence-electron chi connectivity index (χ2n) is 6.01. The van der Waals surface area contributed by atoms with Crippen LogP contribution in [0, 0.1) is 0 Å². The highest BCUT2D eigenvalue weighted by Crippen LogP contribution is 2.11. The Morgan fingerprint density at radius 1 is 1.30 bits per heavy atom. The van der Waals surface area contributed by atoms with E-state index in [4.69, 9.17) is 0 Å². The van der Waals surface area contributed by atoms with Crippen LogP contribution < -0.4 is 0 Å². The molecule has 7 heteroatoms. The highest BCUT2D eigenvalue weighted by Gasteiger charge is 2.19. The second kappa shape index (κ2) is 7.70. The molecule has 3 rings (SSSR count). The summed E-state index contributed by atoms with van der Waals surface area (Å²) in [5, 5.41) is 6.25. The summed E-state index contributed by atoms with van der Waals surface area (Å²) in [5.41, 5.74) is 4.13. The molecule has 23 heavy (non-hydrogen) atoms. The van der Waals surface area contributed by atoms with Crippen LogP contribution >= 0.6 is 11.3 Å². The molecular formula is C16H23N5OS. The molecule has 6 nitrogen and oxygen atoms in total. The largest absolute Gasteiger partial charge is 0.341 e. The maximum atomic E-state index is 12.4. The maximum absolute atomic E-state index is 12.4. The quantitative estimate of drug-likeness (QED) is 0.833. The van der Waals surface area contributed by atoms with Gasteiger partial charge in [0.05, 0.1) is 17.4 Å². The third-order valence-electron chi connectivity index (χ3n) is 4.20. The van der Waals surface area contributed by atoms with Gasteiger partial charge in [-0.2, -0.15) is 5.10 Å². The average molecular weight is 333 g/mol. The molecule has 1 fully saturated rings. The monoisotopic (exact) mass is 333 g/mol. The highest BCUT2D eigenvalue weighted by molar-refractivity contribution is 7.07. The standard InChI is InChI=1S/C16H23N5OS/c1-19-10-14(9-18-19)3-4-16(22)21-6-2-5-20(7-8-21)11-15-12-23-13-17-15/h9-10,12-13H,2-8,11H2,1H3. The Morgan fingerprint density at radius 3 is 2.96 bits per heavy atom. The smallest absolute Gasteiger partial charge is 0.222 e. The van der Waals surface area contributed by atoms with Crippen LogP contribution in [0.1, 0.15) is 24.1 Å². The van der Waals surface area contributed by atoms with Crippen molar-refractivity contribution < 1.29 is 4.79 Å². The van der Waals surface area contributed by atoms with Crippen LogP contribution in [0.4, 0.5) is 0 Å². The predicted molar refractivity (Wildman–Crippen MR) is 90.1 cm³/mol. The summed E-state index contributed by atoms with van der Waals surface area (Å²) >= 11 is 1.64. The fourth-order valence-electron chi connectivity index (χ4n) is 2.93. The normalized spacial score (nSPS) is 16.5. The number of aryl methyl sites for hydroxylation is 2. The van der Waals surface area contributed by atoms with E-state index in [2.05, 4.69) is 20.4 Å². The van der Waals surface area contributed by atoms with Crippen molar-refractivity contribution >= 4 is 17.2 Å². The Bertz CT molecular complexity index is 624. The number of amides is 1. The highest BCUT2D eigenvalue weighted by atomic mass is 32.1. The first kappa shape index (κ1) is 16.1. The van der Waals surface area contributed by atoms with E-state index in [1.54, 1.807) is 16.0 Å². The number of aromatic nitrogens is 3. The Balaban J connectivity index is 1.46. The minimum absolute atomic E-state index is 0.254. The zero-order chi connectivity index (χ0) is 16.1. The molecule has 0 aromatic carbocycles. The molecule has 1 amide bonds. The van der Waals surface area contributed by atoms with Crippen molar-refractivity contribution in [2.45, 2.75) is 25.8 Å². The average Bonchev–Trinajstić information content (AvgIpc) is 3.13. The van der Waals surface area contributed by atoms with Crippen LogP contribution in [0.15, 0.2) is 23.3 Å². The van der Waals surface area contributed by atoms with Gasteiger partial charge in [-0.1, -0.05) is 0 Å². The first-order valence-corrected chi connectivity index (χ1v) is 9.00. The van der Waals surface area contributed by atoms with Gasteiger partial charge >= 0.3 is 0 Å². The van der Waals surface area contributed by atoms with Crippen molar-refractivity contribution in [2.24, 2.45) is 7.05 Å². The maximum Gasteiger partial charge on any atom is 0.222 e. The van der Waals surface area contributed by atoms with Crippen molar-refractivity contribution in [3.8, 4) is 0 Å². The molecule has 0 radical (unpaired) electrons. The summed E-state index contributed by atoms with van der Waals surface area (Å²) in [6, 6.07) is 0. The van der Waals surface area contributed by atoms with Crippen molar-refractivity contribution in [3.63, 3.8) is 0 Å². The SMILES string of the molecule is Cn1cc(CCC(=O)N2CCCN(Cc3cscn3)CC2)cn1. The first-order chi connectivity index (χ1) is 11.2. The number of hydrogen-bond donors (Lipinski definition) is 0. The third-order valence-corrected chi connectivity index (χ3v) is 4.83. The lowest BCUT2D eigenvalue weighted by molar-refractivity contribution is -0.131. The van der Waals surface area contributed by atoms with Gasteiger partial charge in [-0.05, 0) is 18.4 Å². The third kappa shape index (κ3) is 4.62. The zero-order valence-corrected chi connectivity index (χ0v) is 14.3. The van der Waals surface area contributed by atoms with Crippen molar-refractivity contribution in [2.75, 3.05) is 26.2 Å². The second-order valence-corrected chi connectivity index (χ2v) is 6.73. The molecular weight excluding hydrogens is 310 g/mol. The lowest BCUT2D eigenvalue weighted by Crippen LogP contribution is -2.35. The van der Waals surface area contributed by atoms with Gasteiger partial charge in [0.1, 0.15) is 0 Å². The van der Waals surface area contributed by atoms with E-state index in [0.29, 0.717) is 6.42 Å². The van der Waals surface area contributed by atoms with Gasteiger partial charge in [0.15, 0.2) is 0 Å². The number of hydrogen-bond acceptors (Lipinski definition) is 5. The first-order valence-electron chi connectivity index (χ1n) is 8.05. The molecule has 0 atom stereocenters. The summed E-state index contributed by atoms with van der Waals surface area (Å²) in [6.07, 6.45) is 6.18. The van der Waals surface area contributed by atoms with E-state index in [-0.39, 0.29) is 5.91 Å². The number of nitrogens with zero attached hydrogens (tertiary/aromatic N) is 5. The molecule has 1 saturated heterocycles. The van der Waals surface area contributed by atoms with Gasteiger partial charge < -0.3 is 4.90 Å². The summed E-state index contributed by atoms with van der Waals surface area (Å²) in [7, 11) is 1.90. The van der Waals surface area contributed by atoms with Gasteiger partial charge in [-0.15, -0.1) is 11.3 Å². The van der Waals surface area contributed by atoms with Crippen LogP contribution in [0.25, 0.3) is 0 Å². The number of carbonyl (C=O) groups excluding carboxylic acids is 1. The van der Waals surface area contributed by atoms with Crippen molar-refractivity contribution in [3.05, 3.63) is 34.5 Å². The number of rotatable bonds is 5. The molecule has 2 aromatic rings. The molecule has 1 aliphatic heterocycles. The molecule has 3 heterocycles. The van der Waals surface area contributed by atoms with Crippen molar-refractivity contribution in [1.82, 2.24) is 24.6 Å². The van der Waals surface area contributed by atoms with Crippen LogP contribution in [-0.2, 0) is 24.8 Å². The van der Waals surface area contributed by atoms with E-state index in [0.717, 1.165) is 56.8 Å². The summed E-state index contributed by atoms with van der Waals surface area (Å²) in [5.74, 6) is 0.254. The summed E-state index contributed by atoms with van der Waals surface area (Å²) in [4.78, 5) is 21.2. The molecule has 124 valence electrons. The molecule has 1 aliphatic rings. The fourth-order valence-corrected chi connectivity index (χ4v) is 3.48. The van der Waals surface area contributed by atoms with Gasteiger partial charge in [0.2, 0.25) is 5.91 Å². The van der Waals surface area contributed by atoms with Gasteiger partial charge in [-0.3, -0.25) is 14.4 Å². The Labute approximate surface area is 140 Å². The molecule has 2 aromatic heterocycles. The van der Waals surface area contributed by atoms with E-state index < -0.39 is 0 Å². The van der Waals surface area contributed by atoms with E-state index >= 15 is 0 Å². The Hall–Kier alpha value is -1.73. The van der Waals surface area contributed by atoms with Gasteiger partial charge in [0, 0.05) is 57.8 Å². The lowest BCUT2D eigenvalue weighted by Gasteiger charge is -2.21. The minimum Gasteiger partial charge on any atom is -0.341 e. The molecule has 0 N–H and O–H groups in total. The molecule has 0 saturated carbocycles. The summed E-state index contributed by atoms with van der Waals surface area (Å²) < 4.78 is 1.78. The van der Waals surface area contributed by atoms with Crippen LogP contribution in [0.2, 0.25) is 0 Å². The zero-order valence-electron chi connectivity index (χ0n) is 13.5. The van der Waals surface area contributed by atoms with E-state index in [9.17, 15) is 4.79 Å². The van der Waals surface area contributed by atoms with Crippen LogP contribution in [-0.4, -0.2) is 56.7 Å². The Morgan fingerprint density at radius 2 is 2.22 bits per heavy atom. The van der Waals surface area contributed by atoms with Crippen LogP contribution in [0.3, 0.4) is 0 Å². The van der Waals surface area contributed by atoms with Crippen molar-refractivity contribution in [1.29, 1.82) is 0 Å². The molecule has 0 aliphatic carbocycles. The fraction of sp³-hybridized carbons (Fsp3) is 0.562. The summed E-state index contributed by atoms with van der Waals surface area (Å²) in [6.45, 7) is 4.52. The predicted octanol–water partition coefficient (Wildman–Crippen LogP) is 1.54. The minimum atomic E-state index is 0.254. The number of carbonyl (C=O) groups is 1. The van der Waals surface area contributed by atoms with Gasteiger partial charge in [0.25, 0.3) is 0 Å². The topological polar surface area (TPSA) is 54.3 Å². The van der Waals surface area contributed by atoms with Gasteiger partial charge in [-0.25, -0.2) is 4.98 Å². The van der Waals surface area contributed by atoms with E-state index in [1.165, 1.54) is 0 Å².